The molecule has 88 valence electrons. The highest BCUT2D eigenvalue weighted by Gasteiger charge is 2.15. The van der Waals surface area contributed by atoms with Crippen LogP contribution in [0.25, 0.3) is 0 Å². The van der Waals surface area contributed by atoms with Gasteiger partial charge in [-0.1, -0.05) is 0 Å². The lowest BCUT2D eigenvalue weighted by molar-refractivity contribution is 0.169. The second kappa shape index (κ2) is 4.72. The van der Waals surface area contributed by atoms with E-state index in [2.05, 4.69) is 0 Å². The minimum atomic E-state index is -0.499. The Balaban J connectivity index is 2.25. The molecule has 0 fully saturated rings. The maximum Gasteiger partial charge on any atom is 0.161 e. The molecular weight excluding hydrogens is 206 g/mol. The van der Waals surface area contributed by atoms with Gasteiger partial charge in [0, 0.05) is 6.54 Å². The average Bonchev–Trinajstić information content (AvgIpc) is 2.30. The molecule has 0 bridgehead atoms. The number of hydrogen-bond donors (Lipinski definition) is 2. The van der Waals surface area contributed by atoms with Gasteiger partial charge in [0.05, 0.1) is 6.10 Å². The number of nitrogens with two attached hydrogens (primary N) is 1. The second-order valence-electron chi connectivity index (χ2n) is 4.02. The van der Waals surface area contributed by atoms with E-state index in [-0.39, 0.29) is 6.54 Å². The van der Waals surface area contributed by atoms with E-state index in [1.54, 1.807) is 0 Å². The van der Waals surface area contributed by atoms with E-state index in [1.165, 1.54) is 0 Å². The first-order valence-corrected chi connectivity index (χ1v) is 5.48. The van der Waals surface area contributed by atoms with Crippen molar-refractivity contribution in [2.45, 2.75) is 19.4 Å². The van der Waals surface area contributed by atoms with Crippen LogP contribution < -0.4 is 15.2 Å². The molecule has 0 aromatic heterocycles. The summed E-state index contributed by atoms with van der Waals surface area (Å²) in [6, 6.07) is 3.88. The van der Waals surface area contributed by atoms with Gasteiger partial charge >= 0.3 is 0 Å². The fraction of sp³-hybridized carbons (Fsp3) is 0.500. The monoisotopic (exact) mass is 223 g/mol. The van der Waals surface area contributed by atoms with E-state index < -0.39 is 6.10 Å². The first-order chi connectivity index (χ1) is 7.70. The van der Waals surface area contributed by atoms with E-state index in [0.717, 1.165) is 22.6 Å². The predicted octanol–water partition coefficient (Wildman–Crippen LogP) is 0.628. The van der Waals surface area contributed by atoms with Crippen molar-refractivity contribution < 1.29 is 14.6 Å². The second-order valence-corrected chi connectivity index (χ2v) is 4.02. The quantitative estimate of drug-likeness (QED) is 0.788. The van der Waals surface area contributed by atoms with Crippen molar-refractivity contribution in [3.05, 3.63) is 23.3 Å². The molecule has 0 amide bonds. The van der Waals surface area contributed by atoms with Crippen LogP contribution in [0, 0.1) is 6.92 Å². The normalized spacial score (nSPS) is 15.9. The third-order valence-corrected chi connectivity index (χ3v) is 2.73. The summed E-state index contributed by atoms with van der Waals surface area (Å²) >= 11 is 0. The zero-order chi connectivity index (χ0) is 11.5. The first kappa shape index (κ1) is 11.2. The van der Waals surface area contributed by atoms with E-state index in [4.69, 9.17) is 15.2 Å². The van der Waals surface area contributed by atoms with Crippen molar-refractivity contribution in [2.24, 2.45) is 5.73 Å². The Morgan fingerprint density at radius 2 is 1.94 bits per heavy atom. The molecule has 1 atom stereocenters. The summed E-state index contributed by atoms with van der Waals surface area (Å²) in [7, 11) is 0. The summed E-state index contributed by atoms with van der Waals surface area (Å²) in [5.74, 6) is 1.55. The van der Waals surface area contributed by atoms with Crippen LogP contribution in [-0.4, -0.2) is 31.0 Å². The molecular formula is C12H17NO3. The van der Waals surface area contributed by atoms with Gasteiger partial charge in [-0.25, -0.2) is 0 Å². The van der Waals surface area contributed by atoms with E-state index in [1.807, 2.05) is 19.1 Å². The van der Waals surface area contributed by atoms with Crippen molar-refractivity contribution in [2.75, 3.05) is 19.8 Å². The molecule has 1 aromatic carbocycles. The summed E-state index contributed by atoms with van der Waals surface area (Å²) in [6.07, 6.45) is 0.0557. The van der Waals surface area contributed by atoms with Crippen molar-refractivity contribution in [1.82, 2.24) is 0 Å². The van der Waals surface area contributed by atoms with Crippen LogP contribution in [0.2, 0.25) is 0 Å². The van der Waals surface area contributed by atoms with Gasteiger partial charge in [0.25, 0.3) is 0 Å². The average molecular weight is 223 g/mol. The zero-order valence-electron chi connectivity index (χ0n) is 9.40. The molecule has 0 saturated carbocycles. The van der Waals surface area contributed by atoms with Crippen LogP contribution in [0.15, 0.2) is 12.1 Å². The lowest BCUT2D eigenvalue weighted by Crippen LogP contribution is -2.23. The van der Waals surface area contributed by atoms with Crippen molar-refractivity contribution in [3.8, 4) is 11.5 Å². The molecule has 1 heterocycles. The highest BCUT2D eigenvalue weighted by molar-refractivity contribution is 5.47. The largest absolute Gasteiger partial charge is 0.486 e. The highest BCUT2D eigenvalue weighted by Crippen LogP contribution is 2.33. The molecule has 16 heavy (non-hydrogen) atoms. The predicted molar refractivity (Wildman–Crippen MR) is 60.9 cm³/mol. The SMILES string of the molecule is Cc1cc2c(cc1CC(O)CN)OCCO2. The van der Waals surface area contributed by atoms with Crippen LogP contribution in [0.3, 0.4) is 0 Å². The summed E-state index contributed by atoms with van der Waals surface area (Å²) in [6.45, 7) is 3.44. The molecule has 0 aliphatic carbocycles. The number of fused-ring (bicyclic) bond motifs is 1. The summed E-state index contributed by atoms with van der Waals surface area (Å²) in [5.41, 5.74) is 7.55. The molecule has 1 aromatic rings. The molecule has 4 heteroatoms. The molecule has 1 unspecified atom stereocenters. The minimum absolute atomic E-state index is 0.272. The minimum Gasteiger partial charge on any atom is -0.486 e. The van der Waals surface area contributed by atoms with Crippen LogP contribution >= 0.6 is 0 Å². The van der Waals surface area contributed by atoms with Gasteiger partial charge in [-0.15, -0.1) is 0 Å². The zero-order valence-corrected chi connectivity index (χ0v) is 9.40. The van der Waals surface area contributed by atoms with Crippen LogP contribution in [0.5, 0.6) is 11.5 Å². The van der Waals surface area contributed by atoms with E-state index in [0.29, 0.717) is 19.6 Å². The number of benzene rings is 1. The van der Waals surface area contributed by atoms with Crippen LogP contribution in [0.1, 0.15) is 11.1 Å². The topological polar surface area (TPSA) is 64.7 Å². The number of ether oxygens (including phenoxy) is 2. The number of aliphatic hydroxyl groups is 1. The van der Waals surface area contributed by atoms with Gasteiger partial charge in [0.1, 0.15) is 13.2 Å². The van der Waals surface area contributed by atoms with Gasteiger partial charge in [0.15, 0.2) is 11.5 Å². The summed E-state index contributed by atoms with van der Waals surface area (Å²) in [4.78, 5) is 0. The van der Waals surface area contributed by atoms with Crippen molar-refractivity contribution >= 4 is 0 Å². The van der Waals surface area contributed by atoms with Crippen molar-refractivity contribution in [1.29, 1.82) is 0 Å². The first-order valence-electron chi connectivity index (χ1n) is 5.48. The molecule has 1 aliphatic rings. The Labute approximate surface area is 95.0 Å². The maximum atomic E-state index is 9.54. The van der Waals surface area contributed by atoms with Gasteiger partial charge in [-0.3, -0.25) is 0 Å². The number of hydrogen-bond acceptors (Lipinski definition) is 4. The number of aliphatic hydroxyl groups excluding tert-OH is 1. The van der Waals surface area contributed by atoms with Gasteiger partial charge in [0.2, 0.25) is 0 Å². The standard InChI is InChI=1S/C12H17NO3/c1-8-4-11-12(16-3-2-15-11)6-9(8)5-10(14)7-13/h4,6,10,14H,2-3,5,7,13H2,1H3. The van der Waals surface area contributed by atoms with Gasteiger partial charge in [-0.2, -0.15) is 0 Å². The molecule has 3 N–H and O–H groups in total. The summed E-state index contributed by atoms with van der Waals surface area (Å²) < 4.78 is 11.0. The Kier molecular flexibility index (Phi) is 3.31. The smallest absolute Gasteiger partial charge is 0.161 e. The molecule has 0 radical (unpaired) electrons. The third-order valence-electron chi connectivity index (χ3n) is 2.73. The molecule has 4 nitrogen and oxygen atoms in total. The van der Waals surface area contributed by atoms with Gasteiger partial charge < -0.3 is 20.3 Å². The molecule has 2 rings (SSSR count). The van der Waals surface area contributed by atoms with Crippen molar-refractivity contribution in [3.63, 3.8) is 0 Å². The maximum absolute atomic E-state index is 9.54. The summed E-state index contributed by atoms with van der Waals surface area (Å²) in [5, 5.41) is 9.54. The van der Waals surface area contributed by atoms with E-state index in [9.17, 15) is 5.11 Å². The molecule has 1 aliphatic heterocycles. The van der Waals surface area contributed by atoms with Crippen LogP contribution in [-0.2, 0) is 6.42 Å². The van der Waals surface area contributed by atoms with E-state index >= 15 is 0 Å². The highest BCUT2D eigenvalue weighted by atomic mass is 16.6. The molecule has 0 spiro atoms. The van der Waals surface area contributed by atoms with Crippen LogP contribution in [0.4, 0.5) is 0 Å². The lowest BCUT2D eigenvalue weighted by Gasteiger charge is -2.21. The Morgan fingerprint density at radius 3 is 2.56 bits per heavy atom. The Morgan fingerprint density at radius 1 is 1.31 bits per heavy atom. The van der Waals surface area contributed by atoms with Gasteiger partial charge in [-0.05, 0) is 36.6 Å². The third kappa shape index (κ3) is 2.28. The molecule has 0 saturated heterocycles. The number of rotatable bonds is 3. The Hall–Kier alpha value is -1.26. The fourth-order valence-electron chi connectivity index (χ4n) is 1.79. The lowest BCUT2D eigenvalue weighted by atomic mass is 10.0. The Bertz CT molecular complexity index is 379. The fourth-order valence-corrected chi connectivity index (χ4v) is 1.79. The number of aryl methyl sites for hydroxylation is 1.